The Hall–Kier alpha value is -2.91. The Morgan fingerprint density at radius 3 is 2.89 bits per heavy atom. The van der Waals surface area contributed by atoms with E-state index < -0.39 is 5.91 Å². The number of nitrogens with one attached hydrogen (secondary N) is 1. The maximum atomic E-state index is 12.2. The van der Waals surface area contributed by atoms with E-state index in [9.17, 15) is 9.59 Å². The Balaban J connectivity index is 1.76. The second-order valence-electron chi connectivity index (χ2n) is 5.65. The lowest BCUT2D eigenvalue weighted by Gasteiger charge is -2.04. The van der Waals surface area contributed by atoms with Crippen LogP contribution in [0.15, 0.2) is 49.7 Å². The molecule has 9 heteroatoms. The van der Waals surface area contributed by atoms with E-state index in [4.69, 9.17) is 13.6 Å². The molecule has 1 N–H and O–H groups in total. The van der Waals surface area contributed by atoms with Gasteiger partial charge >= 0.3 is 5.91 Å². The molecule has 0 aromatic carbocycles. The molecule has 0 aliphatic carbocycles. The lowest BCUT2D eigenvalue weighted by Crippen LogP contribution is -2.26. The molecule has 0 unspecified atom stereocenters. The predicted molar refractivity (Wildman–Crippen MR) is 97.7 cm³/mol. The number of furan rings is 2. The predicted octanol–water partition coefficient (Wildman–Crippen LogP) is 2.21. The Bertz CT molecular complexity index is 981. The molecule has 0 atom stereocenters. The standard InChI is InChI=1S/C18H19N3O5S/c1-12-11-27-18(20-17(23)14-4-3-8-25-14)21(12)10-13-5-6-15(26-13)16(22)19-7-9-24-2/h3-6,8,11H,7,9-10H2,1-2H3,(H,19,22). The summed E-state index contributed by atoms with van der Waals surface area (Å²) < 4.78 is 17.4. The number of hydrogen-bond acceptors (Lipinski definition) is 6. The van der Waals surface area contributed by atoms with Gasteiger partial charge in [0.2, 0.25) is 0 Å². The van der Waals surface area contributed by atoms with Crippen molar-refractivity contribution in [1.82, 2.24) is 9.88 Å². The Kier molecular flexibility index (Phi) is 6.05. The van der Waals surface area contributed by atoms with Crippen molar-refractivity contribution in [3.05, 3.63) is 63.7 Å². The van der Waals surface area contributed by atoms with Crippen LogP contribution in [0.3, 0.4) is 0 Å². The molecule has 2 amide bonds. The van der Waals surface area contributed by atoms with Crippen molar-refractivity contribution < 1.29 is 23.2 Å². The van der Waals surface area contributed by atoms with Gasteiger partial charge in [-0.05, 0) is 31.2 Å². The summed E-state index contributed by atoms with van der Waals surface area (Å²) in [6.07, 6.45) is 1.43. The highest BCUT2D eigenvalue weighted by molar-refractivity contribution is 7.07. The first-order chi connectivity index (χ1) is 13.1. The van der Waals surface area contributed by atoms with Gasteiger partial charge in [0.1, 0.15) is 5.76 Å². The van der Waals surface area contributed by atoms with E-state index in [0.29, 0.717) is 30.3 Å². The maximum absolute atomic E-state index is 12.2. The second-order valence-corrected chi connectivity index (χ2v) is 6.49. The fraction of sp³-hybridized carbons (Fsp3) is 0.278. The van der Waals surface area contributed by atoms with Crippen molar-refractivity contribution in [1.29, 1.82) is 0 Å². The van der Waals surface area contributed by atoms with Crippen LogP contribution in [0, 0.1) is 6.92 Å². The van der Waals surface area contributed by atoms with E-state index in [0.717, 1.165) is 5.69 Å². The quantitative estimate of drug-likeness (QED) is 0.625. The molecule has 0 fully saturated rings. The highest BCUT2D eigenvalue weighted by Crippen LogP contribution is 2.11. The van der Waals surface area contributed by atoms with Crippen LogP contribution in [-0.4, -0.2) is 36.6 Å². The van der Waals surface area contributed by atoms with Crippen molar-refractivity contribution in [2.75, 3.05) is 20.3 Å². The largest absolute Gasteiger partial charge is 0.459 e. The number of thiazole rings is 1. The highest BCUT2D eigenvalue weighted by atomic mass is 32.1. The van der Waals surface area contributed by atoms with E-state index in [1.807, 2.05) is 16.9 Å². The molecular formula is C18H19N3O5S. The first-order valence-electron chi connectivity index (χ1n) is 8.22. The van der Waals surface area contributed by atoms with Gasteiger partial charge in [0.05, 0.1) is 19.4 Å². The molecule has 0 spiro atoms. The molecule has 142 valence electrons. The van der Waals surface area contributed by atoms with Gasteiger partial charge in [-0.25, -0.2) is 0 Å². The lowest BCUT2D eigenvalue weighted by molar-refractivity contribution is 0.0907. The van der Waals surface area contributed by atoms with Gasteiger partial charge < -0.3 is 23.5 Å². The average molecular weight is 389 g/mol. The Morgan fingerprint density at radius 1 is 1.30 bits per heavy atom. The number of ether oxygens (including phenoxy) is 1. The van der Waals surface area contributed by atoms with E-state index in [1.165, 1.54) is 17.6 Å². The van der Waals surface area contributed by atoms with Crippen LogP contribution in [0.25, 0.3) is 0 Å². The molecule has 0 radical (unpaired) electrons. The first kappa shape index (κ1) is 18.9. The van der Waals surface area contributed by atoms with Crippen LogP contribution in [-0.2, 0) is 11.3 Å². The number of methoxy groups -OCH3 is 1. The van der Waals surface area contributed by atoms with Gasteiger partial charge in [0.15, 0.2) is 16.3 Å². The molecule has 0 bridgehead atoms. The average Bonchev–Trinajstić information content (AvgIpc) is 3.40. The molecular weight excluding hydrogens is 370 g/mol. The second kappa shape index (κ2) is 8.65. The number of aryl methyl sites for hydroxylation is 1. The molecule has 0 aliphatic heterocycles. The molecule has 27 heavy (non-hydrogen) atoms. The van der Waals surface area contributed by atoms with Crippen molar-refractivity contribution in [3.8, 4) is 0 Å². The number of aromatic nitrogens is 1. The van der Waals surface area contributed by atoms with Crippen LogP contribution in [0.2, 0.25) is 0 Å². The minimum Gasteiger partial charge on any atom is -0.459 e. The Labute approximate surface area is 159 Å². The molecule has 3 aromatic rings. The van der Waals surface area contributed by atoms with Gasteiger partial charge in [-0.15, -0.1) is 11.3 Å². The highest BCUT2D eigenvalue weighted by Gasteiger charge is 2.13. The zero-order valence-corrected chi connectivity index (χ0v) is 15.7. The smallest absolute Gasteiger partial charge is 0.315 e. The van der Waals surface area contributed by atoms with Crippen LogP contribution in [0.1, 0.15) is 32.6 Å². The summed E-state index contributed by atoms with van der Waals surface area (Å²) in [5.41, 5.74) is 0.925. The fourth-order valence-electron chi connectivity index (χ4n) is 2.33. The van der Waals surface area contributed by atoms with Crippen molar-refractivity contribution >= 4 is 23.2 Å². The summed E-state index contributed by atoms with van der Waals surface area (Å²) in [4.78, 5) is 28.8. The topological polar surface area (TPSA) is 99.0 Å². The van der Waals surface area contributed by atoms with Crippen molar-refractivity contribution in [3.63, 3.8) is 0 Å². The van der Waals surface area contributed by atoms with Gasteiger partial charge in [0, 0.05) is 24.7 Å². The maximum Gasteiger partial charge on any atom is 0.315 e. The van der Waals surface area contributed by atoms with Gasteiger partial charge in [-0.2, -0.15) is 4.99 Å². The number of carbonyl (C=O) groups excluding carboxylic acids is 2. The van der Waals surface area contributed by atoms with Crippen molar-refractivity contribution in [2.45, 2.75) is 13.5 Å². The molecule has 3 aromatic heterocycles. The SMILES string of the molecule is COCCNC(=O)c1ccc(Cn2c(C)csc2=NC(=O)c2ccco2)o1. The van der Waals surface area contributed by atoms with E-state index in [-0.39, 0.29) is 17.4 Å². The number of nitrogens with zero attached hydrogens (tertiary/aromatic N) is 2. The van der Waals surface area contributed by atoms with Crippen molar-refractivity contribution in [2.24, 2.45) is 4.99 Å². The monoisotopic (exact) mass is 389 g/mol. The molecule has 0 saturated carbocycles. The number of hydrogen-bond donors (Lipinski definition) is 1. The molecule has 3 rings (SSSR count). The van der Waals surface area contributed by atoms with Crippen LogP contribution < -0.4 is 10.1 Å². The van der Waals surface area contributed by atoms with Gasteiger partial charge in [0.25, 0.3) is 5.91 Å². The van der Waals surface area contributed by atoms with Gasteiger partial charge in [-0.3, -0.25) is 9.59 Å². The summed E-state index contributed by atoms with van der Waals surface area (Å²) in [5.74, 6) is 0.233. The van der Waals surface area contributed by atoms with E-state index in [1.54, 1.807) is 31.4 Å². The number of rotatable bonds is 7. The minimum absolute atomic E-state index is 0.181. The zero-order chi connectivity index (χ0) is 19.2. The van der Waals surface area contributed by atoms with Crippen LogP contribution >= 0.6 is 11.3 Å². The molecule has 0 saturated heterocycles. The summed E-state index contributed by atoms with van der Waals surface area (Å²) >= 11 is 1.35. The molecule has 0 aliphatic rings. The summed E-state index contributed by atoms with van der Waals surface area (Å²) in [7, 11) is 1.57. The molecule has 3 heterocycles. The zero-order valence-electron chi connectivity index (χ0n) is 14.9. The van der Waals surface area contributed by atoms with Gasteiger partial charge in [-0.1, -0.05) is 0 Å². The summed E-state index contributed by atoms with van der Waals surface area (Å²) in [5, 5.41) is 4.60. The molecule has 8 nitrogen and oxygen atoms in total. The van der Waals surface area contributed by atoms with Crippen LogP contribution in [0.5, 0.6) is 0 Å². The lowest BCUT2D eigenvalue weighted by atomic mass is 10.4. The third-order valence-corrected chi connectivity index (χ3v) is 4.69. The van der Waals surface area contributed by atoms with E-state index in [2.05, 4.69) is 10.3 Å². The minimum atomic E-state index is -0.451. The third kappa shape index (κ3) is 4.63. The van der Waals surface area contributed by atoms with E-state index >= 15 is 0 Å². The first-order valence-corrected chi connectivity index (χ1v) is 9.10. The van der Waals surface area contributed by atoms with Crippen LogP contribution in [0.4, 0.5) is 0 Å². The normalized spacial score (nSPS) is 11.7. The summed E-state index contributed by atoms with van der Waals surface area (Å²) in [6, 6.07) is 6.55. The Morgan fingerprint density at radius 2 is 2.15 bits per heavy atom. The third-order valence-electron chi connectivity index (χ3n) is 3.71. The fourth-order valence-corrected chi connectivity index (χ4v) is 3.21. The number of carbonyl (C=O) groups is 2. The number of amides is 2. The summed E-state index contributed by atoms with van der Waals surface area (Å²) in [6.45, 7) is 3.10.